The zero-order chi connectivity index (χ0) is 17.2. The highest BCUT2D eigenvalue weighted by Crippen LogP contribution is 2.30. The third-order valence-electron chi connectivity index (χ3n) is 3.62. The van der Waals surface area contributed by atoms with Crippen molar-refractivity contribution in [3.8, 4) is 0 Å². The van der Waals surface area contributed by atoms with E-state index in [1.54, 1.807) is 0 Å². The molecule has 0 saturated heterocycles. The van der Waals surface area contributed by atoms with E-state index in [0.29, 0.717) is 5.16 Å². The van der Waals surface area contributed by atoms with Gasteiger partial charge in [0, 0.05) is 27.7 Å². The molecule has 0 atom stereocenters. The number of nitrogen functional groups attached to an aromatic ring is 1. The van der Waals surface area contributed by atoms with Crippen LogP contribution in [-0.2, 0) is 0 Å². The van der Waals surface area contributed by atoms with Gasteiger partial charge in [-0.1, -0.05) is 12.1 Å². The lowest BCUT2D eigenvalue weighted by atomic mass is 10.2. The smallest absolute Gasteiger partial charge is 0.195 e. The molecule has 6 nitrogen and oxygen atoms in total. The molecule has 7 heteroatoms. The van der Waals surface area contributed by atoms with Gasteiger partial charge in [-0.15, -0.1) is 0 Å². The first kappa shape index (κ1) is 15.5. The van der Waals surface area contributed by atoms with E-state index >= 15 is 0 Å². The Bertz CT molecular complexity index is 1030. The fourth-order valence-corrected chi connectivity index (χ4v) is 3.20. The number of hydrogen-bond acceptors (Lipinski definition) is 6. The SMILES string of the molecule is Cc1cc(Nc2nc(Sc3ccc(N)cc3)nc3ccccc23)n[nH]1. The normalized spacial score (nSPS) is 10.9. The Morgan fingerprint density at radius 2 is 1.84 bits per heavy atom. The summed E-state index contributed by atoms with van der Waals surface area (Å²) in [6.07, 6.45) is 0. The lowest BCUT2D eigenvalue weighted by Gasteiger charge is -2.09. The van der Waals surface area contributed by atoms with E-state index in [1.165, 1.54) is 11.8 Å². The highest BCUT2D eigenvalue weighted by molar-refractivity contribution is 7.99. The molecule has 25 heavy (non-hydrogen) atoms. The van der Waals surface area contributed by atoms with Gasteiger partial charge in [0.25, 0.3) is 0 Å². The van der Waals surface area contributed by atoms with Gasteiger partial charge >= 0.3 is 0 Å². The molecule has 124 valence electrons. The van der Waals surface area contributed by atoms with Crippen molar-refractivity contribution >= 4 is 40.0 Å². The van der Waals surface area contributed by atoms with Crippen LogP contribution >= 0.6 is 11.8 Å². The minimum Gasteiger partial charge on any atom is -0.399 e. The number of nitrogens with one attached hydrogen (secondary N) is 2. The molecular formula is C18H16N6S. The van der Waals surface area contributed by atoms with E-state index in [-0.39, 0.29) is 0 Å². The van der Waals surface area contributed by atoms with E-state index in [4.69, 9.17) is 5.73 Å². The maximum absolute atomic E-state index is 5.75. The van der Waals surface area contributed by atoms with Crippen molar-refractivity contribution in [2.24, 2.45) is 0 Å². The van der Waals surface area contributed by atoms with Gasteiger partial charge in [-0.25, -0.2) is 9.97 Å². The molecule has 0 saturated carbocycles. The molecule has 0 radical (unpaired) electrons. The largest absolute Gasteiger partial charge is 0.399 e. The van der Waals surface area contributed by atoms with Crippen molar-refractivity contribution < 1.29 is 0 Å². The maximum atomic E-state index is 5.75. The first-order chi connectivity index (χ1) is 12.2. The molecule has 2 aromatic carbocycles. The first-order valence-corrected chi connectivity index (χ1v) is 8.58. The summed E-state index contributed by atoms with van der Waals surface area (Å²) < 4.78 is 0. The Morgan fingerprint density at radius 1 is 1.04 bits per heavy atom. The van der Waals surface area contributed by atoms with Crippen LogP contribution in [0.25, 0.3) is 10.9 Å². The summed E-state index contributed by atoms with van der Waals surface area (Å²) in [5, 5.41) is 12.0. The standard InChI is InChI=1S/C18H16N6S/c1-11-10-16(24-23-11)21-17-14-4-2-3-5-15(14)20-18(22-17)25-13-8-6-12(19)7-9-13/h2-10H,19H2,1H3,(H2,20,21,22,23,24). The molecule has 0 amide bonds. The highest BCUT2D eigenvalue weighted by Gasteiger charge is 2.10. The van der Waals surface area contributed by atoms with Crippen LogP contribution in [0.2, 0.25) is 0 Å². The predicted octanol–water partition coefficient (Wildman–Crippen LogP) is 4.14. The van der Waals surface area contributed by atoms with Gasteiger partial charge in [-0.2, -0.15) is 5.10 Å². The average molecular weight is 348 g/mol. The molecule has 4 N–H and O–H groups in total. The predicted molar refractivity (Wildman–Crippen MR) is 101 cm³/mol. The highest BCUT2D eigenvalue weighted by atomic mass is 32.2. The summed E-state index contributed by atoms with van der Waals surface area (Å²) in [7, 11) is 0. The number of nitrogens with zero attached hydrogens (tertiary/aromatic N) is 3. The van der Waals surface area contributed by atoms with Gasteiger partial charge in [0.15, 0.2) is 11.0 Å². The van der Waals surface area contributed by atoms with Gasteiger partial charge < -0.3 is 11.1 Å². The van der Waals surface area contributed by atoms with Crippen LogP contribution < -0.4 is 11.1 Å². The molecule has 4 aromatic rings. The molecule has 2 aromatic heterocycles. The summed E-state index contributed by atoms with van der Waals surface area (Å²) in [5.74, 6) is 1.46. The Hall–Kier alpha value is -3.06. The zero-order valence-electron chi connectivity index (χ0n) is 13.5. The number of hydrogen-bond donors (Lipinski definition) is 3. The number of H-pyrrole nitrogens is 1. The number of aryl methyl sites for hydroxylation is 1. The molecular weight excluding hydrogens is 332 g/mol. The second-order valence-electron chi connectivity index (χ2n) is 5.60. The molecule has 0 aliphatic rings. The number of anilines is 3. The average Bonchev–Trinajstić information content (AvgIpc) is 3.02. The summed E-state index contributed by atoms with van der Waals surface area (Å²) in [5.41, 5.74) is 8.35. The monoisotopic (exact) mass is 348 g/mol. The third-order valence-corrected chi connectivity index (χ3v) is 4.50. The van der Waals surface area contributed by atoms with Crippen molar-refractivity contribution in [3.05, 3.63) is 60.3 Å². The number of rotatable bonds is 4. The van der Waals surface area contributed by atoms with Crippen LogP contribution in [0.15, 0.2) is 64.6 Å². The lowest BCUT2D eigenvalue weighted by Crippen LogP contribution is -1.99. The van der Waals surface area contributed by atoms with Crippen molar-refractivity contribution in [1.82, 2.24) is 20.2 Å². The molecule has 0 spiro atoms. The second kappa shape index (κ2) is 6.45. The van der Waals surface area contributed by atoms with E-state index in [9.17, 15) is 0 Å². The van der Waals surface area contributed by atoms with Crippen molar-refractivity contribution in [2.75, 3.05) is 11.1 Å². The Kier molecular flexibility index (Phi) is 3.99. The van der Waals surface area contributed by atoms with Crippen molar-refractivity contribution in [1.29, 1.82) is 0 Å². The second-order valence-corrected chi connectivity index (χ2v) is 6.64. The number of para-hydroxylation sites is 1. The van der Waals surface area contributed by atoms with Crippen LogP contribution in [0.4, 0.5) is 17.3 Å². The van der Waals surface area contributed by atoms with Crippen LogP contribution in [0.1, 0.15) is 5.69 Å². The molecule has 0 aliphatic heterocycles. The van der Waals surface area contributed by atoms with Crippen LogP contribution in [0.3, 0.4) is 0 Å². The number of benzene rings is 2. The Balaban J connectivity index is 1.73. The number of aromatic amines is 1. The molecule has 0 aliphatic carbocycles. The number of aromatic nitrogens is 4. The molecule has 0 fully saturated rings. The van der Waals surface area contributed by atoms with E-state index in [1.807, 2.05) is 61.5 Å². The molecule has 2 heterocycles. The Labute approximate surface area is 148 Å². The first-order valence-electron chi connectivity index (χ1n) is 7.76. The molecule has 4 rings (SSSR count). The summed E-state index contributed by atoms with van der Waals surface area (Å²) in [6, 6.07) is 17.5. The Morgan fingerprint density at radius 3 is 2.60 bits per heavy atom. The van der Waals surface area contributed by atoms with E-state index < -0.39 is 0 Å². The van der Waals surface area contributed by atoms with E-state index in [0.717, 1.165) is 38.8 Å². The number of fused-ring (bicyclic) bond motifs is 1. The quantitative estimate of drug-likeness (QED) is 0.379. The number of nitrogens with two attached hydrogens (primary N) is 1. The fourth-order valence-electron chi connectivity index (χ4n) is 2.44. The fraction of sp³-hybridized carbons (Fsp3) is 0.0556. The van der Waals surface area contributed by atoms with Crippen LogP contribution in [0.5, 0.6) is 0 Å². The van der Waals surface area contributed by atoms with Crippen molar-refractivity contribution in [3.63, 3.8) is 0 Å². The van der Waals surface area contributed by atoms with Gasteiger partial charge in [0.1, 0.15) is 5.82 Å². The summed E-state index contributed by atoms with van der Waals surface area (Å²) in [6.45, 7) is 1.96. The summed E-state index contributed by atoms with van der Waals surface area (Å²) >= 11 is 1.50. The summed E-state index contributed by atoms with van der Waals surface area (Å²) in [4.78, 5) is 10.4. The molecule has 0 bridgehead atoms. The van der Waals surface area contributed by atoms with Gasteiger partial charge in [0.2, 0.25) is 0 Å². The zero-order valence-corrected chi connectivity index (χ0v) is 14.3. The van der Waals surface area contributed by atoms with Gasteiger partial charge in [-0.3, -0.25) is 5.10 Å². The van der Waals surface area contributed by atoms with Gasteiger partial charge in [-0.05, 0) is 55.1 Å². The van der Waals surface area contributed by atoms with Crippen LogP contribution in [0, 0.1) is 6.92 Å². The van der Waals surface area contributed by atoms with Crippen molar-refractivity contribution in [2.45, 2.75) is 17.0 Å². The molecule has 0 unspecified atom stereocenters. The minimum atomic E-state index is 0.665. The maximum Gasteiger partial charge on any atom is 0.195 e. The van der Waals surface area contributed by atoms with Gasteiger partial charge in [0.05, 0.1) is 5.52 Å². The minimum absolute atomic E-state index is 0.665. The third kappa shape index (κ3) is 3.41. The van der Waals surface area contributed by atoms with E-state index in [2.05, 4.69) is 25.5 Å². The van der Waals surface area contributed by atoms with Crippen LogP contribution in [-0.4, -0.2) is 20.2 Å². The lowest BCUT2D eigenvalue weighted by molar-refractivity contribution is 1.00. The topological polar surface area (TPSA) is 92.5 Å².